The number of hydrogen-bond donors (Lipinski definition) is 2. The third-order valence-corrected chi connectivity index (χ3v) is 12.6. The first kappa shape index (κ1) is 38.9. The second kappa shape index (κ2) is 15.4. The van der Waals surface area contributed by atoms with E-state index in [0.717, 1.165) is 76.0 Å². The molecular formula is C40H44ClF3N8O5. The van der Waals surface area contributed by atoms with Gasteiger partial charge in [0.25, 0.3) is 11.8 Å². The number of methoxy groups -OCH3 is 1. The summed E-state index contributed by atoms with van der Waals surface area (Å²) in [4.78, 5) is 59.8. The number of carbonyl (C=O) groups is 4. The van der Waals surface area contributed by atoms with Gasteiger partial charge in [0.2, 0.25) is 5.91 Å². The van der Waals surface area contributed by atoms with Crippen molar-refractivity contribution in [2.45, 2.75) is 57.2 Å². The van der Waals surface area contributed by atoms with Gasteiger partial charge in [0.1, 0.15) is 17.1 Å². The minimum absolute atomic E-state index is 0.0811. The Labute approximate surface area is 332 Å². The number of anilines is 1. The van der Waals surface area contributed by atoms with Crippen LogP contribution < -0.4 is 15.5 Å². The van der Waals surface area contributed by atoms with Crippen LogP contribution in [0.15, 0.2) is 65.1 Å². The number of nitrogens with zero attached hydrogens (tertiary/aromatic N) is 6. The summed E-state index contributed by atoms with van der Waals surface area (Å²) in [5, 5.41) is 12.4. The zero-order valence-corrected chi connectivity index (χ0v) is 32.2. The molecule has 57 heavy (non-hydrogen) atoms. The van der Waals surface area contributed by atoms with Gasteiger partial charge >= 0.3 is 12.2 Å². The van der Waals surface area contributed by atoms with Crippen molar-refractivity contribution >= 4 is 46.8 Å². The summed E-state index contributed by atoms with van der Waals surface area (Å²) in [6, 6.07) is 7.91. The van der Waals surface area contributed by atoms with Crippen LogP contribution in [-0.2, 0) is 15.7 Å². The number of piperidine rings is 2. The Morgan fingerprint density at radius 2 is 1.81 bits per heavy atom. The number of benzene rings is 1. The monoisotopic (exact) mass is 808 g/mol. The van der Waals surface area contributed by atoms with Crippen LogP contribution in [-0.4, -0.2) is 108 Å². The molecule has 2 aliphatic carbocycles. The van der Waals surface area contributed by atoms with Gasteiger partial charge < -0.3 is 19.9 Å². The van der Waals surface area contributed by atoms with Crippen molar-refractivity contribution < 1.29 is 37.1 Å². The summed E-state index contributed by atoms with van der Waals surface area (Å²) in [6.07, 6.45) is 5.33. The van der Waals surface area contributed by atoms with Crippen LogP contribution in [0.2, 0.25) is 5.02 Å². The van der Waals surface area contributed by atoms with Crippen LogP contribution >= 0.6 is 11.6 Å². The smallest absolute Gasteiger partial charge is 0.433 e. The number of likely N-dealkylation sites (tertiary alicyclic amines) is 2. The maximum Gasteiger partial charge on any atom is 0.433 e. The fourth-order valence-corrected chi connectivity index (χ4v) is 9.44. The number of rotatable bonds is 8. The largest absolute Gasteiger partial charge is 0.495 e. The van der Waals surface area contributed by atoms with Crippen LogP contribution in [0.4, 0.5) is 23.7 Å². The average molecular weight is 809 g/mol. The fourth-order valence-electron chi connectivity index (χ4n) is 9.22. The van der Waals surface area contributed by atoms with Crippen molar-refractivity contribution in [2.24, 2.45) is 22.4 Å². The molecule has 1 aromatic heterocycles. The third-order valence-electron chi connectivity index (χ3n) is 12.2. The molecule has 1 unspecified atom stereocenters. The van der Waals surface area contributed by atoms with Gasteiger partial charge in [0.15, 0.2) is 0 Å². The highest BCUT2D eigenvalue weighted by atomic mass is 35.5. The van der Waals surface area contributed by atoms with Crippen molar-refractivity contribution in [1.29, 1.82) is 0 Å². The maximum atomic E-state index is 13.5. The summed E-state index contributed by atoms with van der Waals surface area (Å²) >= 11 is 6.40. The first-order valence-corrected chi connectivity index (χ1v) is 19.8. The number of ether oxygens (including phenoxy) is 1. The van der Waals surface area contributed by atoms with Crippen molar-refractivity contribution in [3.8, 4) is 0 Å². The van der Waals surface area contributed by atoms with Gasteiger partial charge in [0, 0.05) is 75.8 Å². The predicted molar refractivity (Wildman–Crippen MR) is 204 cm³/mol. The molecule has 13 nitrogen and oxygen atoms in total. The fraction of sp³-hybridized carbons (Fsp3) is 0.500. The molecule has 2 aromatic rings. The Balaban J connectivity index is 0.785. The number of amides is 5. The van der Waals surface area contributed by atoms with Crippen LogP contribution in [0, 0.1) is 17.3 Å². The van der Waals surface area contributed by atoms with E-state index in [4.69, 9.17) is 21.4 Å². The van der Waals surface area contributed by atoms with Gasteiger partial charge in [-0.25, -0.2) is 9.78 Å². The van der Waals surface area contributed by atoms with Crippen LogP contribution in [0.3, 0.4) is 0 Å². The van der Waals surface area contributed by atoms with Gasteiger partial charge in [-0.3, -0.25) is 29.6 Å². The predicted octanol–water partition coefficient (Wildman–Crippen LogP) is 5.44. The van der Waals surface area contributed by atoms with Crippen molar-refractivity contribution in [1.82, 2.24) is 30.4 Å². The van der Waals surface area contributed by atoms with Crippen LogP contribution in [0.25, 0.3) is 0 Å². The Kier molecular flexibility index (Phi) is 10.5. The molecule has 0 bridgehead atoms. The van der Waals surface area contributed by atoms with E-state index in [2.05, 4.69) is 25.5 Å². The molecule has 4 aliphatic heterocycles. The molecule has 2 N–H and O–H groups in total. The number of hydrazone groups is 1. The molecule has 1 atom stereocenters. The van der Waals surface area contributed by atoms with Gasteiger partial charge in [-0.05, 0) is 86.3 Å². The van der Waals surface area contributed by atoms with Crippen LogP contribution in [0.5, 0.6) is 0 Å². The van der Waals surface area contributed by atoms with E-state index in [0.29, 0.717) is 53.3 Å². The van der Waals surface area contributed by atoms with Gasteiger partial charge in [-0.2, -0.15) is 18.3 Å². The molecule has 0 radical (unpaired) electrons. The van der Waals surface area contributed by atoms with Gasteiger partial charge in [-0.15, -0.1) is 0 Å². The molecule has 3 saturated heterocycles. The Morgan fingerprint density at radius 3 is 2.51 bits per heavy atom. The van der Waals surface area contributed by atoms with E-state index in [9.17, 15) is 32.3 Å². The standard InChI is InChI=1S/C40H44ClF3N8O5/c1-57-33-19-30-26(17-31(33)46-36(54)29-3-2-4-34(45-29)40(42,43)44)23-52(48-30)27-7-12-49(13-8-27)22-24-20-39(21-24)10-15-50(16-11-39)37(55)25-5-6-28(41)32(18-25)51-14-9-35(53)47-38(51)56/h2-6,17-19,24,26-27H,7-16,20-23H2,1H3,(H,46,54)(H,47,53,56). The molecule has 1 saturated carbocycles. The number of nitrogens with one attached hydrogen (secondary N) is 2. The van der Waals surface area contributed by atoms with Gasteiger partial charge in [-0.1, -0.05) is 17.7 Å². The first-order valence-electron chi connectivity index (χ1n) is 19.4. The maximum absolute atomic E-state index is 13.5. The summed E-state index contributed by atoms with van der Waals surface area (Å²) < 4.78 is 45.0. The highest BCUT2D eigenvalue weighted by Crippen LogP contribution is 2.53. The molecule has 5 amide bonds. The van der Waals surface area contributed by atoms with E-state index >= 15 is 0 Å². The molecule has 4 fully saturated rings. The number of allylic oxidation sites excluding steroid dienone is 1. The number of imide groups is 1. The van der Waals surface area contributed by atoms with E-state index in [1.165, 1.54) is 18.1 Å². The molecule has 8 rings (SSSR count). The molecule has 6 aliphatic rings. The Morgan fingerprint density at radius 1 is 1.05 bits per heavy atom. The van der Waals surface area contributed by atoms with E-state index in [-0.39, 0.29) is 47.8 Å². The number of carbonyl (C=O) groups excluding carboxylic acids is 4. The van der Waals surface area contributed by atoms with Crippen LogP contribution in [0.1, 0.15) is 71.5 Å². The van der Waals surface area contributed by atoms with E-state index < -0.39 is 23.8 Å². The Hall–Kier alpha value is -4.96. The molecule has 1 spiro atoms. The topological polar surface area (TPSA) is 140 Å². The number of halogens is 4. The normalized spacial score (nSPS) is 23.0. The lowest BCUT2D eigenvalue weighted by atomic mass is 9.57. The highest BCUT2D eigenvalue weighted by molar-refractivity contribution is 6.34. The summed E-state index contributed by atoms with van der Waals surface area (Å²) in [5.74, 6) is -0.269. The number of fused-ring (bicyclic) bond motifs is 1. The Bertz CT molecular complexity index is 2050. The average Bonchev–Trinajstić information content (AvgIpc) is 3.60. The lowest BCUT2D eigenvalue weighted by molar-refractivity contribution is -0.141. The number of urea groups is 1. The summed E-state index contributed by atoms with van der Waals surface area (Å²) in [6.45, 7) is 5.22. The molecule has 1 aromatic carbocycles. The van der Waals surface area contributed by atoms with Crippen molar-refractivity contribution in [2.75, 3.05) is 57.8 Å². The van der Waals surface area contributed by atoms with Crippen molar-refractivity contribution in [3.05, 3.63) is 82.0 Å². The third kappa shape index (κ3) is 8.11. The molecule has 5 heterocycles. The van der Waals surface area contributed by atoms with E-state index in [1.807, 2.05) is 11.0 Å². The zero-order valence-electron chi connectivity index (χ0n) is 31.5. The zero-order chi connectivity index (χ0) is 40.1. The lowest BCUT2D eigenvalue weighted by Gasteiger charge is -2.53. The summed E-state index contributed by atoms with van der Waals surface area (Å²) in [7, 11) is 1.47. The summed E-state index contributed by atoms with van der Waals surface area (Å²) in [5.41, 5.74) is 0.886. The number of hydrogen-bond acceptors (Lipinski definition) is 9. The van der Waals surface area contributed by atoms with Gasteiger partial charge in [0.05, 0.1) is 29.2 Å². The second-order valence-corrected chi connectivity index (χ2v) is 16.3. The molecule has 17 heteroatoms. The van der Waals surface area contributed by atoms with E-state index in [1.54, 1.807) is 24.3 Å². The number of alkyl halides is 3. The first-order chi connectivity index (χ1) is 27.3. The second-order valence-electron chi connectivity index (χ2n) is 15.9. The molecular weight excluding hydrogens is 765 g/mol. The molecule has 302 valence electrons. The number of aromatic nitrogens is 1. The van der Waals surface area contributed by atoms with Crippen molar-refractivity contribution in [3.63, 3.8) is 0 Å². The lowest BCUT2D eigenvalue weighted by Crippen LogP contribution is -2.52. The SMILES string of the molecule is COC1=CC2=NN(C3CCN(CC4CC5(CCN(C(=O)c6ccc(Cl)c(N7CCC(=O)NC7=O)c6)CC5)C4)CC3)CC2C=C1NC(=O)c1cccc(C(F)(F)F)n1. The minimum Gasteiger partial charge on any atom is -0.495 e. The number of pyridine rings is 1. The minimum atomic E-state index is -4.66. The highest BCUT2D eigenvalue weighted by Gasteiger charge is 2.47. The quantitative estimate of drug-likeness (QED) is 0.360.